The molecule has 1 amide bonds. The first-order valence-corrected chi connectivity index (χ1v) is 9.16. The summed E-state index contributed by atoms with van der Waals surface area (Å²) in [7, 11) is 1.95. The molecule has 2 saturated heterocycles. The fraction of sp³-hybridized carbons (Fsp3) is 0.556. The van der Waals surface area contributed by atoms with Gasteiger partial charge in [0.25, 0.3) is 0 Å². The second-order valence-electron chi connectivity index (χ2n) is 7.07. The van der Waals surface area contributed by atoms with E-state index in [4.69, 9.17) is 0 Å². The summed E-state index contributed by atoms with van der Waals surface area (Å²) in [5.74, 6) is 1.32. The molecule has 4 heterocycles. The van der Waals surface area contributed by atoms with Crippen molar-refractivity contribution in [3.05, 3.63) is 35.8 Å². The van der Waals surface area contributed by atoms with Gasteiger partial charge in [-0.2, -0.15) is 10.2 Å². The molecule has 1 N–H and O–H groups in total. The molecule has 4 rings (SSSR count). The van der Waals surface area contributed by atoms with E-state index in [9.17, 15) is 4.79 Å². The van der Waals surface area contributed by atoms with E-state index < -0.39 is 0 Å². The number of nitrogens with one attached hydrogen (secondary N) is 1. The minimum absolute atomic E-state index is 0.0130. The highest BCUT2D eigenvalue weighted by molar-refractivity contribution is 5.81. The summed E-state index contributed by atoms with van der Waals surface area (Å²) in [4.78, 5) is 17.3. The summed E-state index contributed by atoms with van der Waals surface area (Å²) < 4.78 is 1.88. The Labute approximate surface area is 153 Å². The Morgan fingerprint density at radius 2 is 2.04 bits per heavy atom. The number of anilines is 1. The van der Waals surface area contributed by atoms with Gasteiger partial charge in [-0.15, -0.1) is 5.10 Å². The number of rotatable bonds is 3. The monoisotopic (exact) mass is 355 g/mol. The summed E-state index contributed by atoms with van der Waals surface area (Å²) in [6, 6.07) is 3.86. The molecule has 0 radical (unpaired) electrons. The minimum Gasteiger partial charge on any atom is -0.352 e. The third kappa shape index (κ3) is 3.05. The maximum atomic E-state index is 13.2. The third-order valence-electron chi connectivity index (χ3n) is 5.68. The highest BCUT2D eigenvalue weighted by atomic mass is 16.2. The van der Waals surface area contributed by atoms with E-state index in [2.05, 4.69) is 32.4 Å². The number of carbonyl (C=O) groups is 1. The van der Waals surface area contributed by atoms with Gasteiger partial charge in [-0.05, 0) is 24.6 Å². The molecule has 0 unspecified atom stereocenters. The summed E-state index contributed by atoms with van der Waals surface area (Å²) in [6.07, 6.45) is 3.59. The van der Waals surface area contributed by atoms with Crippen LogP contribution >= 0.6 is 0 Å². The predicted molar refractivity (Wildman–Crippen MR) is 97.9 cm³/mol. The zero-order valence-electron chi connectivity index (χ0n) is 15.3. The second-order valence-corrected chi connectivity index (χ2v) is 7.07. The molecule has 2 atom stereocenters. The first kappa shape index (κ1) is 17.0. The lowest BCUT2D eigenvalue weighted by atomic mass is 9.88. The van der Waals surface area contributed by atoms with Crippen molar-refractivity contribution >= 4 is 11.7 Å². The fourth-order valence-corrected chi connectivity index (χ4v) is 4.00. The first-order valence-electron chi connectivity index (χ1n) is 9.16. The van der Waals surface area contributed by atoms with Crippen molar-refractivity contribution in [1.29, 1.82) is 0 Å². The quantitative estimate of drug-likeness (QED) is 0.846. The Morgan fingerprint density at radius 3 is 2.69 bits per heavy atom. The number of nitrogens with zero attached hydrogens (tertiary/aromatic N) is 6. The van der Waals surface area contributed by atoms with Crippen LogP contribution in [0, 0.1) is 12.8 Å². The fourth-order valence-electron chi connectivity index (χ4n) is 4.00. The third-order valence-corrected chi connectivity index (χ3v) is 5.68. The predicted octanol–water partition coefficient (Wildman–Crippen LogP) is 0.170. The molecule has 2 aliphatic heterocycles. The normalized spacial score (nSPS) is 23.5. The smallest absolute Gasteiger partial charge is 0.227 e. The van der Waals surface area contributed by atoms with E-state index >= 15 is 0 Å². The van der Waals surface area contributed by atoms with Crippen molar-refractivity contribution in [2.75, 3.05) is 44.2 Å². The van der Waals surface area contributed by atoms with E-state index in [-0.39, 0.29) is 17.7 Å². The highest BCUT2D eigenvalue weighted by Gasteiger charge is 2.38. The molecule has 2 aromatic heterocycles. The van der Waals surface area contributed by atoms with Crippen molar-refractivity contribution in [3.8, 4) is 0 Å². The van der Waals surface area contributed by atoms with Gasteiger partial charge in [0.2, 0.25) is 5.91 Å². The van der Waals surface area contributed by atoms with Crippen LogP contribution in [0.4, 0.5) is 5.82 Å². The summed E-state index contributed by atoms with van der Waals surface area (Å²) in [5, 5.41) is 15.9. The number of hydrogen-bond donors (Lipinski definition) is 1. The van der Waals surface area contributed by atoms with Gasteiger partial charge in [0, 0.05) is 64.1 Å². The average molecular weight is 355 g/mol. The van der Waals surface area contributed by atoms with Gasteiger partial charge in [-0.3, -0.25) is 9.48 Å². The lowest BCUT2D eigenvalue weighted by Crippen LogP contribution is -2.51. The van der Waals surface area contributed by atoms with Crippen LogP contribution in [0.1, 0.15) is 17.2 Å². The Morgan fingerprint density at radius 1 is 1.23 bits per heavy atom. The number of carbonyl (C=O) groups excluding carboxylic acids is 1. The van der Waals surface area contributed by atoms with E-state index in [1.54, 1.807) is 6.20 Å². The number of aryl methyl sites for hydroxylation is 1. The Bertz CT molecular complexity index is 767. The zero-order chi connectivity index (χ0) is 18.1. The van der Waals surface area contributed by atoms with Crippen molar-refractivity contribution in [2.45, 2.75) is 12.8 Å². The van der Waals surface area contributed by atoms with Crippen LogP contribution in [-0.4, -0.2) is 70.1 Å². The molecule has 138 valence electrons. The van der Waals surface area contributed by atoms with Crippen molar-refractivity contribution in [2.24, 2.45) is 13.0 Å². The Balaban J connectivity index is 1.42. The largest absolute Gasteiger partial charge is 0.352 e. The second kappa shape index (κ2) is 7.03. The summed E-state index contributed by atoms with van der Waals surface area (Å²) in [6.45, 7) is 6.68. The van der Waals surface area contributed by atoms with Crippen LogP contribution in [0.2, 0.25) is 0 Å². The molecule has 0 spiro atoms. The van der Waals surface area contributed by atoms with Gasteiger partial charge >= 0.3 is 0 Å². The van der Waals surface area contributed by atoms with Crippen LogP contribution in [0.15, 0.2) is 24.5 Å². The van der Waals surface area contributed by atoms with Crippen LogP contribution in [0.3, 0.4) is 0 Å². The SMILES string of the molecule is Cc1c([C@H]2CNC[C@@H]2C(=O)N2CCN(c3cccnn3)CC2)cnn1C. The van der Waals surface area contributed by atoms with Crippen LogP contribution in [0.5, 0.6) is 0 Å². The molecule has 2 aromatic rings. The topological polar surface area (TPSA) is 79.2 Å². The molecule has 8 nitrogen and oxygen atoms in total. The van der Waals surface area contributed by atoms with Crippen LogP contribution < -0.4 is 10.2 Å². The maximum Gasteiger partial charge on any atom is 0.227 e. The Kier molecular flexibility index (Phi) is 4.58. The van der Waals surface area contributed by atoms with Crippen LogP contribution in [0.25, 0.3) is 0 Å². The molecule has 8 heteroatoms. The van der Waals surface area contributed by atoms with E-state index in [1.807, 2.05) is 35.0 Å². The first-order chi connectivity index (χ1) is 12.6. The average Bonchev–Trinajstić information content (AvgIpc) is 3.29. The van der Waals surface area contributed by atoms with E-state index in [1.165, 1.54) is 5.56 Å². The maximum absolute atomic E-state index is 13.2. The lowest BCUT2D eigenvalue weighted by Gasteiger charge is -2.37. The van der Waals surface area contributed by atoms with Crippen molar-refractivity contribution in [3.63, 3.8) is 0 Å². The van der Waals surface area contributed by atoms with Crippen molar-refractivity contribution < 1.29 is 4.79 Å². The molecule has 2 aliphatic rings. The van der Waals surface area contributed by atoms with Gasteiger partial charge in [0.15, 0.2) is 5.82 Å². The molecular weight excluding hydrogens is 330 g/mol. The molecule has 0 saturated carbocycles. The molecule has 26 heavy (non-hydrogen) atoms. The molecule has 0 aromatic carbocycles. The number of aromatic nitrogens is 4. The van der Waals surface area contributed by atoms with Gasteiger partial charge in [-0.1, -0.05) is 0 Å². The number of hydrogen-bond acceptors (Lipinski definition) is 6. The number of piperazine rings is 1. The molecular formula is C18H25N7O. The highest BCUT2D eigenvalue weighted by Crippen LogP contribution is 2.31. The van der Waals surface area contributed by atoms with Gasteiger partial charge < -0.3 is 15.1 Å². The van der Waals surface area contributed by atoms with Crippen molar-refractivity contribution in [1.82, 2.24) is 30.2 Å². The summed E-state index contributed by atoms with van der Waals surface area (Å²) in [5.41, 5.74) is 2.33. The minimum atomic E-state index is -0.0130. The van der Waals surface area contributed by atoms with Gasteiger partial charge in [0.1, 0.15) is 0 Å². The molecule has 0 bridgehead atoms. The van der Waals surface area contributed by atoms with Gasteiger partial charge in [-0.25, -0.2) is 0 Å². The molecule has 2 fully saturated rings. The number of amides is 1. The van der Waals surface area contributed by atoms with E-state index in [0.29, 0.717) is 0 Å². The summed E-state index contributed by atoms with van der Waals surface area (Å²) >= 11 is 0. The lowest BCUT2D eigenvalue weighted by molar-refractivity contribution is -0.135. The zero-order valence-corrected chi connectivity index (χ0v) is 15.3. The Hall–Kier alpha value is -2.48. The van der Waals surface area contributed by atoms with E-state index in [0.717, 1.165) is 50.8 Å². The van der Waals surface area contributed by atoms with Crippen LogP contribution in [-0.2, 0) is 11.8 Å². The molecule has 0 aliphatic carbocycles. The standard InChI is InChI=1S/C18H25N7O/c1-13-14(12-21-23(13)2)15-10-19-11-16(15)18(26)25-8-6-24(7-9-25)17-4-3-5-20-22-17/h3-5,12,15-16,19H,6-11H2,1-2H3/t15-,16+/m1/s1. The van der Waals surface area contributed by atoms with Gasteiger partial charge in [0.05, 0.1) is 12.1 Å².